The van der Waals surface area contributed by atoms with Crippen molar-refractivity contribution in [2.45, 2.75) is 12.5 Å². The van der Waals surface area contributed by atoms with Crippen LogP contribution in [0.1, 0.15) is 5.69 Å². The highest BCUT2D eigenvalue weighted by molar-refractivity contribution is 9.10. The first-order valence-corrected chi connectivity index (χ1v) is 15.9. The zero-order valence-electron chi connectivity index (χ0n) is 22.4. The van der Waals surface area contributed by atoms with Crippen LogP contribution in [0.5, 0.6) is 5.75 Å². The number of hydrogen-bond donors (Lipinski definition) is 2. The molecule has 2 aromatic heterocycles. The first-order valence-electron chi connectivity index (χ1n) is 12.8. The van der Waals surface area contributed by atoms with E-state index in [4.69, 9.17) is 14.5 Å². The van der Waals surface area contributed by atoms with Crippen LogP contribution in [0.2, 0.25) is 0 Å². The molecule has 11 heteroatoms. The number of halogens is 1. The number of anilines is 5. The Bertz CT molecular complexity index is 1520. The Morgan fingerprint density at radius 3 is 2.64 bits per heavy atom. The van der Waals surface area contributed by atoms with E-state index in [1.807, 2.05) is 24.0 Å². The van der Waals surface area contributed by atoms with E-state index in [0.717, 1.165) is 64.6 Å². The Morgan fingerprint density at radius 2 is 1.90 bits per heavy atom. The molecular weight excluding hydrogens is 577 g/mol. The van der Waals surface area contributed by atoms with Crippen LogP contribution >= 0.6 is 23.9 Å². The monoisotopic (exact) mass is 607 g/mol. The molecule has 0 bridgehead atoms. The number of para-hydroxylation sites is 1. The van der Waals surface area contributed by atoms with Crippen LogP contribution in [-0.2, 0) is 18.2 Å². The smallest absolute Gasteiger partial charge is 0.229 e. The van der Waals surface area contributed by atoms with Gasteiger partial charge in [0.15, 0.2) is 0 Å². The van der Waals surface area contributed by atoms with Gasteiger partial charge in [-0.15, -0.1) is 0 Å². The first kappa shape index (κ1) is 26.0. The molecule has 1 fully saturated rings. The van der Waals surface area contributed by atoms with E-state index in [2.05, 4.69) is 85.2 Å². The van der Waals surface area contributed by atoms with E-state index in [0.29, 0.717) is 17.8 Å². The van der Waals surface area contributed by atoms with Gasteiger partial charge in [-0.05, 0) is 46.7 Å². The minimum absolute atomic E-state index is 0.281. The van der Waals surface area contributed by atoms with Crippen LogP contribution in [0.25, 0.3) is 11.1 Å². The molecule has 202 valence electrons. The topological polar surface area (TPSA) is 89.4 Å². The third-order valence-electron chi connectivity index (χ3n) is 7.26. The van der Waals surface area contributed by atoms with Crippen molar-refractivity contribution in [3.05, 3.63) is 59.0 Å². The molecule has 2 N–H and O–H groups in total. The number of aromatic nitrogens is 4. The molecule has 2 aromatic carbocycles. The highest BCUT2D eigenvalue weighted by atomic mass is 79.9. The maximum absolute atomic E-state index is 5.87. The molecular formula is C28H31BrN7O2P. The van der Waals surface area contributed by atoms with Gasteiger partial charge in [0.05, 0.1) is 42.7 Å². The minimum atomic E-state index is -0.281. The van der Waals surface area contributed by atoms with Crippen LogP contribution in [0, 0.1) is 0 Å². The number of nitrogens with one attached hydrogen (secondary N) is 2. The van der Waals surface area contributed by atoms with Crippen molar-refractivity contribution >= 4 is 58.0 Å². The molecule has 1 saturated heterocycles. The molecule has 2 aliphatic heterocycles. The first-order chi connectivity index (χ1) is 18.9. The molecule has 0 radical (unpaired) electrons. The van der Waals surface area contributed by atoms with Crippen molar-refractivity contribution in [3.8, 4) is 16.9 Å². The van der Waals surface area contributed by atoms with Crippen molar-refractivity contribution in [1.82, 2.24) is 19.7 Å². The maximum atomic E-state index is 5.87. The summed E-state index contributed by atoms with van der Waals surface area (Å²) in [7, 11) is 3.42. The molecule has 0 atom stereocenters. The molecule has 0 saturated carbocycles. The van der Waals surface area contributed by atoms with Gasteiger partial charge in [-0.3, -0.25) is 4.68 Å². The number of fused-ring (bicyclic) bond motifs is 3. The molecule has 4 heterocycles. The van der Waals surface area contributed by atoms with Gasteiger partial charge in [0.2, 0.25) is 5.95 Å². The van der Waals surface area contributed by atoms with Crippen LogP contribution < -0.4 is 25.6 Å². The molecule has 0 amide bonds. The lowest BCUT2D eigenvalue weighted by atomic mass is 10.0. The average Bonchev–Trinajstić information content (AvgIpc) is 3.19. The Hall–Kier alpha value is -3.20. The van der Waals surface area contributed by atoms with Gasteiger partial charge in [0.25, 0.3) is 0 Å². The molecule has 0 unspecified atom stereocenters. The quantitative estimate of drug-likeness (QED) is 0.275. The molecule has 39 heavy (non-hydrogen) atoms. The Labute approximate surface area is 237 Å². The maximum Gasteiger partial charge on any atom is 0.229 e. The Kier molecular flexibility index (Phi) is 7.18. The fourth-order valence-electron chi connectivity index (χ4n) is 5.13. The summed E-state index contributed by atoms with van der Waals surface area (Å²) >= 11 is 3.61. The second kappa shape index (κ2) is 10.8. The standard InChI is InChI=1S/C28H31BrN7O2P/c1-35-23-9-10-36(17-15-38-16-17)24-12-25(37-2)22(11-18(24)19(23)13-31-35)33-28-30-14-20(29)27(34-28)32-21-7-5-6-8-26(21)39(3)4/h5-8,11-14,17H,9-10,15-16H2,1-4H3,(H2,30,32,33,34). The van der Waals surface area contributed by atoms with E-state index < -0.39 is 0 Å². The zero-order valence-corrected chi connectivity index (χ0v) is 24.9. The lowest BCUT2D eigenvalue weighted by Gasteiger charge is -2.39. The van der Waals surface area contributed by atoms with Gasteiger partial charge >= 0.3 is 0 Å². The number of ether oxygens (including phenoxy) is 2. The van der Waals surface area contributed by atoms with Gasteiger partial charge in [-0.25, -0.2) is 4.98 Å². The second-order valence-electron chi connectivity index (χ2n) is 9.88. The highest BCUT2D eigenvalue weighted by Crippen LogP contribution is 2.44. The molecule has 6 rings (SSSR count). The fourth-order valence-corrected chi connectivity index (χ4v) is 6.42. The van der Waals surface area contributed by atoms with Gasteiger partial charge in [-0.2, -0.15) is 10.1 Å². The molecule has 2 aliphatic rings. The third kappa shape index (κ3) is 4.97. The Morgan fingerprint density at radius 1 is 1.08 bits per heavy atom. The minimum Gasteiger partial charge on any atom is -0.494 e. The van der Waals surface area contributed by atoms with Crippen molar-refractivity contribution in [2.75, 3.05) is 55.7 Å². The molecule has 4 aromatic rings. The predicted octanol–water partition coefficient (Wildman–Crippen LogP) is 5.26. The number of rotatable bonds is 7. The fraction of sp³-hybridized carbons (Fsp3) is 0.321. The van der Waals surface area contributed by atoms with Crippen molar-refractivity contribution in [2.24, 2.45) is 7.05 Å². The summed E-state index contributed by atoms with van der Waals surface area (Å²) in [4.78, 5) is 11.8. The number of benzene rings is 2. The Balaban J connectivity index is 1.38. The molecule has 9 nitrogen and oxygen atoms in total. The van der Waals surface area contributed by atoms with Gasteiger partial charge in [0, 0.05) is 60.5 Å². The van der Waals surface area contributed by atoms with E-state index in [-0.39, 0.29) is 7.92 Å². The van der Waals surface area contributed by atoms with Crippen LogP contribution in [0.3, 0.4) is 0 Å². The third-order valence-corrected chi connectivity index (χ3v) is 9.19. The predicted molar refractivity (Wildman–Crippen MR) is 162 cm³/mol. The molecule has 0 aliphatic carbocycles. The van der Waals surface area contributed by atoms with E-state index in [1.165, 1.54) is 11.0 Å². The van der Waals surface area contributed by atoms with Crippen LogP contribution in [-0.4, -0.2) is 66.0 Å². The van der Waals surface area contributed by atoms with Crippen LogP contribution in [0.15, 0.2) is 53.3 Å². The summed E-state index contributed by atoms with van der Waals surface area (Å²) in [6.45, 7) is 6.86. The van der Waals surface area contributed by atoms with Crippen molar-refractivity contribution in [3.63, 3.8) is 0 Å². The largest absolute Gasteiger partial charge is 0.494 e. The average molecular weight is 608 g/mol. The number of nitrogens with zero attached hydrogens (tertiary/aromatic N) is 5. The van der Waals surface area contributed by atoms with Gasteiger partial charge in [-0.1, -0.05) is 26.1 Å². The SMILES string of the molecule is COc1cc2c(cc1Nc1ncc(Br)c(Nc3ccccc3P(C)C)n1)-c1cnn(C)c1CCN2C1COC1. The highest BCUT2D eigenvalue weighted by Gasteiger charge is 2.32. The summed E-state index contributed by atoms with van der Waals surface area (Å²) in [6, 6.07) is 12.9. The zero-order chi connectivity index (χ0) is 27.1. The van der Waals surface area contributed by atoms with E-state index in [1.54, 1.807) is 13.3 Å². The summed E-state index contributed by atoms with van der Waals surface area (Å²) in [5, 5.41) is 12.8. The summed E-state index contributed by atoms with van der Waals surface area (Å²) in [6.07, 6.45) is 4.62. The lowest BCUT2D eigenvalue weighted by molar-refractivity contribution is 0.00821. The molecule has 0 spiro atoms. The van der Waals surface area contributed by atoms with Crippen LogP contribution in [0.4, 0.5) is 28.8 Å². The van der Waals surface area contributed by atoms with Gasteiger partial charge in [0.1, 0.15) is 11.6 Å². The summed E-state index contributed by atoms with van der Waals surface area (Å²) in [5.74, 6) is 1.88. The van der Waals surface area contributed by atoms with Crippen molar-refractivity contribution in [1.29, 1.82) is 0 Å². The summed E-state index contributed by atoms with van der Waals surface area (Å²) in [5.41, 5.74) is 6.42. The summed E-state index contributed by atoms with van der Waals surface area (Å²) < 4.78 is 14.2. The number of aryl methyl sites for hydroxylation is 1. The lowest BCUT2D eigenvalue weighted by Crippen LogP contribution is -2.50. The van der Waals surface area contributed by atoms with Crippen molar-refractivity contribution < 1.29 is 9.47 Å². The normalized spacial score (nSPS) is 14.9. The van der Waals surface area contributed by atoms with E-state index in [9.17, 15) is 0 Å². The van der Waals surface area contributed by atoms with Gasteiger partial charge < -0.3 is 25.0 Å². The second-order valence-corrected chi connectivity index (χ2v) is 13.0. The number of methoxy groups -OCH3 is 1. The van der Waals surface area contributed by atoms with E-state index >= 15 is 0 Å². The number of hydrogen-bond acceptors (Lipinski definition) is 8.